The minimum Gasteiger partial charge on any atom is -0.314 e. The van der Waals surface area contributed by atoms with Gasteiger partial charge in [-0.3, -0.25) is 4.68 Å². The molecule has 0 spiro atoms. The number of sulfonamides is 1. The van der Waals surface area contributed by atoms with Gasteiger partial charge in [0.15, 0.2) is 0 Å². The van der Waals surface area contributed by atoms with Crippen LogP contribution in [0.2, 0.25) is 0 Å². The van der Waals surface area contributed by atoms with Gasteiger partial charge in [0.25, 0.3) is 0 Å². The molecule has 2 rings (SSSR count). The molecule has 0 saturated heterocycles. The van der Waals surface area contributed by atoms with Gasteiger partial charge in [-0.05, 0) is 39.7 Å². The second-order valence-electron chi connectivity index (χ2n) is 5.30. The van der Waals surface area contributed by atoms with Crippen LogP contribution in [-0.4, -0.2) is 36.8 Å². The number of aromatic nitrogens is 2. The lowest BCUT2D eigenvalue weighted by atomic mass is 10.4. The topological polar surface area (TPSA) is 76.0 Å². The van der Waals surface area contributed by atoms with Crippen molar-refractivity contribution in [1.82, 2.24) is 19.8 Å². The summed E-state index contributed by atoms with van der Waals surface area (Å²) in [6.45, 7) is 5.28. The van der Waals surface area contributed by atoms with Gasteiger partial charge < -0.3 is 5.32 Å². The molecule has 1 saturated carbocycles. The van der Waals surface area contributed by atoms with Crippen LogP contribution in [0.5, 0.6) is 0 Å². The van der Waals surface area contributed by atoms with Crippen molar-refractivity contribution in [2.45, 2.75) is 56.6 Å². The first kappa shape index (κ1) is 14.5. The van der Waals surface area contributed by atoms with Gasteiger partial charge in [-0.25, -0.2) is 13.1 Å². The van der Waals surface area contributed by atoms with Gasteiger partial charge in [-0.15, -0.1) is 0 Å². The Hall–Kier alpha value is -0.920. The molecule has 0 bridgehead atoms. The maximum atomic E-state index is 11.9. The molecule has 0 unspecified atom stereocenters. The Labute approximate surface area is 114 Å². The van der Waals surface area contributed by atoms with Crippen molar-refractivity contribution in [3.8, 4) is 0 Å². The van der Waals surface area contributed by atoms with E-state index in [4.69, 9.17) is 0 Å². The van der Waals surface area contributed by atoms with Crippen LogP contribution in [0.4, 0.5) is 0 Å². The molecular formula is C12H22N4O2S. The first-order valence-corrected chi connectivity index (χ1v) is 8.24. The monoisotopic (exact) mass is 286 g/mol. The van der Waals surface area contributed by atoms with Gasteiger partial charge in [0, 0.05) is 24.8 Å². The molecule has 1 aliphatic carbocycles. The highest BCUT2D eigenvalue weighted by Gasteiger charge is 2.20. The van der Waals surface area contributed by atoms with Crippen LogP contribution in [0, 0.1) is 0 Å². The molecular weight excluding hydrogens is 264 g/mol. The Kier molecular flexibility index (Phi) is 4.59. The number of hydrogen-bond donors (Lipinski definition) is 2. The molecule has 19 heavy (non-hydrogen) atoms. The van der Waals surface area contributed by atoms with E-state index in [-0.39, 0.29) is 10.9 Å². The summed E-state index contributed by atoms with van der Waals surface area (Å²) < 4.78 is 28.0. The molecule has 1 fully saturated rings. The fraction of sp³-hybridized carbons (Fsp3) is 0.750. The molecule has 1 aromatic heterocycles. The summed E-state index contributed by atoms with van der Waals surface area (Å²) in [5, 5.41) is 7.51. The highest BCUT2D eigenvalue weighted by Crippen LogP contribution is 2.18. The standard InChI is InChI=1S/C12H22N4O2S/c1-10(2)15-19(17,18)12-8-14-16(9-12)7-3-6-13-11-4-5-11/h8-11,13,15H,3-7H2,1-2H3. The van der Waals surface area contributed by atoms with Gasteiger partial charge in [0.1, 0.15) is 4.90 Å². The zero-order valence-corrected chi connectivity index (χ0v) is 12.3. The van der Waals surface area contributed by atoms with Gasteiger partial charge in [-0.1, -0.05) is 0 Å². The molecule has 6 nitrogen and oxygen atoms in total. The first-order chi connectivity index (χ1) is 8.97. The average molecular weight is 286 g/mol. The van der Waals surface area contributed by atoms with Gasteiger partial charge in [0.2, 0.25) is 10.0 Å². The van der Waals surface area contributed by atoms with E-state index in [1.807, 2.05) is 0 Å². The second-order valence-corrected chi connectivity index (χ2v) is 7.01. The molecule has 0 aromatic carbocycles. The summed E-state index contributed by atoms with van der Waals surface area (Å²) >= 11 is 0. The molecule has 1 aromatic rings. The van der Waals surface area contributed by atoms with E-state index in [1.54, 1.807) is 24.7 Å². The van der Waals surface area contributed by atoms with Crippen LogP contribution in [0.3, 0.4) is 0 Å². The fourth-order valence-electron chi connectivity index (χ4n) is 1.82. The lowest BCUT2D eigenvalue weighted by molar-refractivity contribution is 0.540. The molecule has 0 aliphatic heterocycles. The Morgan fingerprint density at radius 1 is 1.47 bits per heavy atom. The van der Waals surface area contributed by atoms with Crippen molar-refractivity contribution in [2.75, 3.05) is 6.54 Å². The third-order valence-corrected chi connectivity index (χ3v) is 4.50. The lowest BCUT2D eigenvalue weighted by Gasteiger charge is -2.07. The van der Waals surface area contributed by atoms with E-state index >= 15 is 0 Å². The normalized spacial score (nSPS) is 16.2. The maximum absolute atomic E-state index is 11.9. The van der Waals surface area contributed by atoms with Crippen LogP contribution in [0.15, 0.2) is 17.3 Å². The van der Waals surface area contributed by atoms with E-state index in [0.717, 1.165) is 19.5 Å². The van der Waals surface area contributed by atoms with Gasteiger partial charge >= 0.3 is 0 Å². The molecule has 1 aliphatic rings. The van der Waals surface area contributed by atoms with Gasteiger partial charge in [0.05, 0.1) is 6.20 Å². The van der Waals surface area contributed by atoms with Crippen LogP contribution >= 0.6 is 0 Å². The molecule has 0 radical (unpaired) electrons. The van der Waals surface area contributed by atoms with Crippen molar-refractivity contribution in [3.63, 3.8) is 0 Å². The summed E-state index contributed by atoms with van der Waals surface area (Å²) in [5.74, 6) is 0. The van der Waals surface area contributed by atoms with E-state index < -0.39 is 10.0 Å². The Balaban J connectivity index is 1.83. The smallest absolute Gasteiger partial charge is 0.243 e. The largest absolute Gasteiger partial charge is 0.314 e. The lowest BCUT2D eigenvalue weighted by Crippen LogP contribution is -2.29. The molecule has 0 atom stereocenters. The van der Waals surface area contributed by atoms with E-state index in [9.17, 15) is 8.42 Å². The minimum absolute atomic E-state index is 0.115. The summed E-state index contributed by atoms with van der Waals surface area (Å²) in [6, 6.07) is 0.597. The fourth-order valence-corrected chi connectivity index (χ4v) is 3.02. The van der Waals surface area contributed by atoms with Crippen LogP contribution < -0.4 is 10.0 Å². The third kappa shape index (κ3) is 4.59. The Morgan fingerprint density at radius 3 is 2.84 bits per heavy atom. The summed E-state index contributed by atoms with van der Waals surface area (Å²) in [7, 11) is -3.42. The first-order valence-electron chi connectivity index (χ1n) is 6.75. The zero-order chi connectivity index (χ0) is 13.9. The number of hydrogen-bond acceptors (Lipinski definition) is 4. The molecule has 7 heteroatoms. The van der Waals surface area contributed by atoms with E-state index in [2.05, 4.69) is 15.1 Å². The Bertz CT molecular complexity index is 506. The van der Waals surface area contributed by atoms with Crippen molar-refractivity contribution in [3.05, 3.63) is 12.4 Å². The van der Waals surface area contributed by atoms with Crippen LogP contribution in [-0.2, 0) is 16.6 Å². The third-order valence-electron chi connectivity index (χ3n) is 2.89. The zero-order valence-electron chi connectivity index (χ0n) is 11.5. The number of aryl methyl sites for hydroxylation is 1. The van der Waals surface area contributed by atoms with Crippen molar-refractivity contribution in [1.29, 1.82) is 0 Å². The molecule has 1 heterocycles. The van der Waals surface area contributed by atoms with Crippen LogP contribution in [0.1, 0.15) is 33.1 Å². The van der Waals surface area contributed by atoms with Gasteiger partial charge in [-0.2, -0.15) is 5.10 Å². The summed E-state index contributed by atoms with van der Waals surface area (Å²) in [5.41, 5.74) is 0. The second kappa shape index (κ2) is 6.02. The number of nitrogens with one attached hydrogen (secondary N) is 2. The molecule has 0 amide bonds. The molecule has 2 N–H and O–H groups in total. The predicted octanol–water partition coefficient (Wildman–Crippen LogP) is 0.712. The quantitative estimate of drug-likeness (QED) is 0.690. The van der Waals surface area contributed by atoms with E-state index in [0.29, 0.717) is 6.04 Å². The van der Waals surface area contributed by atoms with Crippen molar-refractivity contribution in [2.24, 2.45) is 0 Å². The highest BCUT2D eigenvalue weighted by molar-refractivity contribution is 7.89. The van der Waals surface area contributed by atoms with Crippen molar-refractivity contribution >= 4 is 10.0 Å². The maximum Gasteiger partial charge on any atom is 0.243 e. The van der Waals surface area contributed by atoms with E-state index in [1.165, 1.54) is 19.0 Å². The highest BCUT2D eigenvalue weighted by atomic mass is 32.2. The SMILES string of the molecule is CC(C)NS(=O)(=O)c1cnn(CCCNC2CC2)c1. The average Bonchev–Trinajstić information content (AvgIpc) is 2.99. The van der Waals surface area contributed by atoms with Crippen molar-refractivity contribution < 1.29 is 8.42 Å². The number of rotatable bonds is 8. The number of nitrogens with zero attached hydrogens (tertiary/aromatic N) is 2. The summed E-state index contributed by atoms with van der Waals surface area (Å²) in [6.07, 6.45) is 6.51. The molecule has 108 valence electrons. The minimum atomic E-state index is -3.42. The summed E-state index contributed by atoms with van der Waals surface area (Å²) in [4.78, 5) is 0.233. The predicted molar refractivity (Wildman–Crippen MR) is 73.3 cm³/mol. The van der Waals surface area contributed by atoms with Crippen LogP contribution in [0.25, 0.3) is 0 Å². The Morgan fingerprint density at radius 2 is 2.21 bits per heavy atom.